The zero-order chi connectivity index (χ0) is 25.9. The van der Waals surface area contributed by atoms with Crippen molar-refractivity contribution in [1.29, 1.82) is 0 Å². The number of methoxy groups -OCH3 is 1. The smallest absolute Gasteiger partial charge is 0.257 e. The van der Waals surface area contributed by atoms with Gasteiger partial charge in [0.05, 0.1) is 35.9 Å². The molecule has 37 heavy (non-hydrogen) atoms. The average molecular weight is 499 g/mol. The third kappa shape index (κ3) is 5.11. The number of carbonyl (C=O) groups is 1. The number of hydrogen-bond donors (Lipinski definition) is 3. The Morgan fingerprint density at radius 1 is 1.11 bits per heavy atom. The van der Waals surface area contributed by atoms with Crippen LogP contribution in [0, 0.1) is 6.92 Å². The molecule has 0 radical (unpaired) electrons. The normalized spacial score (nSPS) is 11.9. The van der Waals surface area contributed by atoms with E-state index in [1.54, 1.807) is 60.6 Å². The number of amides is 1. The Hall–Kier alpha value is -4.77. The maximum Gasteiger partial charge on any atom is 0.257 e. The Bertz CT molecular complexity index is 1580. The standard InChI is InChI=1S/C26H26N8O3/c1-15(27)11-30-20-6-5-19(23-24(20)29-9-8-28-23)26(35)33-17-10-21(25-32-16(2)13-34(25)14-17)37-18-4-7-22(36-3)31-12-18/h4-10,12-15,30H,11,27H2,1-3H3,(H,33,35)/t15-/m0/s1. The highest BCUT2D eigenvalue weighted by Gasteiger charge is 2.17. The molecule has 188 valence electrons. The van der Waals surface area contributed by atoms with Crippen LogP contribution in [-0.4, -0.2) is 49.9 Å². The molecule has 0 aliphatic heterocycles. The predicted octanol–water partition coefficient (Wildman–Crippen LogP) is 3.79. The van der Waals surface area contributed by atoms with Crippen LogP contribution in [0.4, 0.5) is 11.4 Å². The lowest BCUT2D eigenvalue weighted by Gasteiger charge is -2.14. The van der Waals surface area contributed by atoms with Gasteiger partial charge in [0, 0.05) is 49.5 Å². The number of pyridine rings is 2. The maximum atomic E-state index is 13.4. The summed E-state index contributed by atoms with van der Waals surface area (Å²) in [4.78, 5) is 31.0. The van der Waals surface area contributed by atoms with E-state index in [4.69, 9.17) is 15.2 Å². The molecule has 11 nitrogen and oxygen atoms in total. The number of aromatic nitrogens is 5. The second kappa shape index (κ2) is 10.1. The first kappa shape index (κ1) is 23.9. The Balaban J connectivity index is 1.47. The second-order valence-electron chi connectivity index (χ2n) is 8.57. The molecule has 0 aliphatic carbocycles. The van der Waals surface area contributed by atoms with Crippen LogP contribution in [0.25, 0.3) is 16.7 Å². The summed E-state index contributed by atoms with van der Waals surface area (Å²) in [5.41, 5.74) is 10.0. The SMILES string of the molecule is COc1ccc(Oc2cc(NC(=O)c3ccc(NC[C@H](C)N)c4nccnc34)cn3cc(C)nc23)cn1. The minimum absolute atomic E-state index is 0.0402. The molecule has 5 aromatic rings. The molecule has 4 aromatic heterocycles. The zero-order valence-electron chi connectivity index (χ0n) is 20.6. The maximum absolute atomic E-state index is 13.4. The summed E-state index contributed by atoms with van der Waals surface area (Å²) in [6.45, 7) is 4.36. The third-order valence-electron chi connectivity index (χ3n) is 5.53. The lowest BCUT2D eigenvalue weighted by molar-refractivity contribution is 0.102. The number of hydrogen-bond acceptors (Lipinski definition) is 9. The van der Waals surface area contributed by atoms with Crippen molar-refractivity contribution in [2.45, 2.75) is 19.9 Å². The zero-order valence-corrected chi connectivity index (χ0v) is 20.6. The van der Waals surface area contributed by atoms with Crippen molar-refractivity contribution >= 4 is 34.0 Å². The lowest BCUT2D eigenvalue weighted by Crippen LogP contribution is -2.25. The number of carbonyl (C=O) groups excluding carboxylic acids is 1. The molecule has 1 amide bonds. The molecule has 0 saturated carbocycles. The summed E-state index contributed by atoms with van der Waals surface area (Å²) >= 11 is 0. The van der Waals surface area contributed by atoms with E-state index in [1.165, 1.54) is 0 Å². The van der Waals surface area contributed by atoms with Gasteiger partial charge in [-0.1, -0.05) is 0 Å². The highest BCUT2D eigenvalue weighted by atomic mass is 16.5. The van der Waals surface area contributed by atoms with Crippen molar-refractivity contribution in [3.63, 3.8) is 0 Å². The first-order chi connectivity index (χ1) is 17.9. The number of nitrogens with zero attached hydrogens (tertiary/aromatic N) is 5. The summed E-state index contributed by atoms with van der Waals surface area (Å²) in [7, 11) is 1.55. The van der Waals surface area contributed by atoms with Gasteiger partial charge in [-0.05, 0) is 32.0 Å². The van der Waals surface area contributed by atoms with Crippen LogP contribution in [0.15, 0.2) is 61.3 Å². The van der Waals surface area contributed by atoms with E-state index in [-0.39, 0.29) is 11.9 Å². The van der Waals surface area contributed by atoms with Crippen molar-refractivity contribution in [3.8, 4) is 17.4 Å². The molecule has 0 saturated heterocycles. The molecule has 11 heteroatoms. The monoisotopic (exact) mass is 498 g/mol. The fraction of sp³-hybridized carbons (Fsp3) is 0.192. The number of imidazole rings is 1. The molecule has 4 heterocycles. The van der Waals surface area contributed by atoms with Gasteiger partial charge in [0.25, 0.3) is 5.91 Å². The van der Waals surface area contributed by atoms with Gasteiger partial charge >= 0.3 is 0 Å². The van der Waals surface area contributed by atoms with Gasteiger partial charge in [0.1, 0.15) is 16.8 Å². The fourth-order valence-electron chi connectivity index (χ4n) is 3.86. The van der Waals surface area contributed by atoms with Gasteiger partial charge in [-0.15, -0.1) is 0 Å². The topological polar surface area (TPSA) is 142 Å². The first-order valence-electron chi connectivity index (χ1n) is 11.6. The van der Waals surface area contributed by atoms with Gasteiger partial charge in [0.2, 0.25) is 5.88 Å². The van der Waals surface area contributed by atoms with Crippen molar-refractivity contribution in [3.05, 3.63) is 72.6 Å². The second-order valence-corrected chi connectivity index (χ2v) is 8.57. The number of aryl methyl sites for hydroxylation is 1. The Labute approximate surface area is 212 Å². The van der Waals surface area contributed by atoms with Crippen LogP contribution in [0.3, 0.4) is 0 Å². The summed E-state index contributed by atoms with van der Waals surface area (Å²) in [6, 6.07) is 8.65. The van der Waals surface area contributed by atoms with E-state index in [1.807, 2.05) is 26.1 Å². The molecule has 0 bridgehead atoms. The summed E-state index contributed by atoms with van der Waals surface area (Å²) < 4.78 is 13.0. The molecular formula is C26H26N8O3. The number of ether oxygens (including phenoxy) is 2. The van der Waals surface area contributed by atoms with Gasteiger partial charge in [-0.25, -0.2) is 9.97 Å². The van der Waals surface area contributed by atoms with E-state index < -0.39 is 0 Å². The van der Waals surface area contributed by atoms with Crippen molar-refractivity contribution in [1.82, 2.24) is 24.3 Å². The van der Waals surface area contributed by atoms with E-state index in [2.05, 4.69) is 30.6 Å². The summed E-state index contributed by atoms with van der Waals surface area (Å²) in [5.74, 6) is 1.10. The minimum Gasteiger partial charge on any atom is -0.481 e. The Morgan fingerprint density at radius 2 is 1.92 bits per heavy atom. The number of fused-ring (bicyclic) bond motifs is 2. The minimum atomic E-state index is -0.336. The highest BCUT2D eigenvalue weighted by molar-refractivity contribution is 6.13. The van der Waals surface area contributed by atoms with Crippen molar-refractivity contribution in [2.24, 2.45) is 5.73 Å². The Kier molecular flexibility index (Phi) is 6.52. The third-order valence-corrected chi connectivity index (χ3v) is 5.53. The van der Waals surface area contributed by atoms with Crippen LogP contribution < -0.4 is 25.8 Å². The van der Waals surface area contributed by atoms with Gasteiger partial charge in [0.15, 0.2) is 11.4 Å². The van der Waals surface area contributed by atoms with Crippen LogP contribution >= 0.6 is 0 Å². The molecule has 0 spiro atoms. The molecular weight excluding hydrogens is 472 g/mol. The number of anilines is 2. The van der Waals surface area contributed by atoms with E-state index in [0.29, 0.717) is 51.9 Å². The quantitative estimate of drug-likeness (QED) is 0.291. The van der Waals surface area contributed by atoms with Gasteiger partial charge in [-0.3, -0.25) is 14.8 Å². The van der Waals surface area contributed by atoms with Crippen LogP contribution in [-0.2, 0) is 0 Å². The van der Waals surface area contributed by atoms with Crippen molar-refractivity contribution < 1.29 is 14.3 Å². The fourth-order valence-corrected chi connectivity index (χ4v) is 3.86. The van der Waals surface area contributed by atoms with Crippen LogP contribution in [0.1, 0.15) is 23.0 Å². The number of rotatable bonds is 8. The summed E-state index contributed by atoms with van der Waals surface area (Å²) in [5, 5.41) is 6.22. The molecule has 5 rings (SSSR count). The van der Waals surface area contributed by atoms with Crippen molar-refractivity contribution in [2.75, 3.05) is 24.3 Å². The molecule has 1 aromatic carbocycles. The van der Waals surface area contributed by atoms with E-state index in [9.17, 15) is 4.79 Å². The Morgan fingerprint density at radius 3 is 2.65 bits per heavy atom. The number of nitrogens with one attached hydrogen (secondary N) is 2. The number of nitrogens with two attached hydrogens (primary N) is 1. The largest absolute Gasteiger partial charge is 0.481 e. The van der Waals surface area contributed by atoms with E-state index >= 15 is 0 Å². The van der Waals surface area contributed by atoms with Crippen LogP contribution in [0.2, 0.25) is 0 Å². The average Bonchev–Trinajstić information content (AvgIpc) is 3.28. The highest BCUT2D eigenvalue weighted by Crippen LogP contribution is 2.30. The molecule has 1 atom stereocenters. The summed E-state index contributed by atoms with van der Waals surface area (Å²) in [6.07, 6.45) is 8.34. The van der Waals surface area contributed by atoms with Gasteiger partial charge < -0.3 is 30.2 Å². The molecule has 0 fully saturated rings. The predicted molar refractivity (Wildman–Crippen MR) is 140 cm³/mol. The van der Waals surface area contributed by atoms with Crippen LogP contribution in [0.5, 0.6) is 17.4 Å². The lowest BCUT2D eigenvalue weighted by atomic mass is 10.1. The molecule has 0 unspecified atom stereocenters. The first-order valence-corrected chi connectivity index (χ1v) is 11.6. The molecule has 0 aliphatic rings. The van der Waals surface area contributed by atoms with E-state index in [0.717, 1.165) is 11.4 Å². The molecule has 4 N–H and O–H groups in total. The number of benzene rings is 1. The van der Waals surface area contributed by atoms with Gasteiger partial charge in [-0.2, -0.15) is 0 Å².